The lowest BCUT2D eigenvalue weighted by Crippen LogP contribution is -2.65. The Labute approximate surface area is 191 Å². The van der Waals surface area contributed by atoms with Gasteiger partial charge in [0.1, 0.15) is 12.7 Å². The number of rotatable bonds is 5. The molecule has 3 rings (SSSR count). The van der Waals surface area contributed by atoms with E-state index < -0.39 is 17.4 Å². The monoisotopic (exact) mass is 449 g/mol. The molecule has 32 heavy (non-hydrogen) atoms. The van der Waals surface area contributed by atoms with E-state index in [0.717, 1.165) is 24.8 Å². The van der Waals surface area contributed by atoms with E-state index in [-0.39, 0.29) is 40.9 Å². The fraction of sp³-hybridized carbons (Fsp3) is 0.800. The van der Waals surface area contributed by atoms with Gasteiger partial charge in [-0.1, -0.05) is 25.8 Å². The van der Waals surface area contributed by atoms with Gasteiger partial charge < -0.3 is 19.5 Å². The summed E-state index contributed by atoms with van der Waals surface area (Å²) < 4.78 is 10.4. The number of Topliss-reactive ketones (excluding diaryl/α,β-unsaturated/α-hetero) is 1. The van der Waals surface area contributed by atoms with E-state index in [9.17, 15) is 19.5 Å². The molecule has 3 aliphatic carbocycles. The van der Waals surface area contributed by atoms with E-state index >= 15 is 0 Å². The lowest BCUT2D eigenvalue weighted by Gasteiger charge is -2.61. The first-order chi connectivity index (χ1) is 15.0. The van der Waals surface area contributed by atoms with Crippen LogP contribution in [0.25, 0.3) is 0 Å². The summed E-state index contributed by atoms with van der Waals surface area (Å²) in [6.07, 6.45) is 4.15. The molecule has 0 aromatic heterocycles. The highest BCUT2D eigenvalue weighted by Gasteiger charge is 2.66. The second-order valence-electron chi connectivity index (χ2n) is 10.7. The average molecular weight is 450 g/mol. The molecule has 7 nitrogen and oxygen atoms in total. The molecule has 0 amide bonds. The van der Waals surface area contributed by atoms with Crippen LogP contribution in [0.5, 0.6) is 0 Å². The molecule has 0 aromatic carbocycles. The standard InChI is InChI=1S/C25H39NO6/c1-15-16(14-18(27)32-13-12-26(4)5)8-9-17-19(15)20(28)21(29)22-24(17,2)10-7-11-25(22,3)23(30)31-6/h14-15,17,19,21-22,29H,7-13H2,1-6H3/b16-14+/t15-,17-,19-,21-,22+,24+,25-/m0/s1. The largest absolute Gasteiger partial charge is 0.469 e. The smallest absolute Gasteiger partial charge is 0.330 e. The SMILES string of the molecule is COC(=O)[C@@]1(C)CCC[C@@]2(C)[C@H]1[C@@H](O)C(=O)[C@H]1[C@@H](C)/C(=C/C(=O)OCCN(C)C)CC[C@@H]12. The molecule has 0 radical (unpaired) electrons. The summed E-state index contributed by atoms with van der Waals surface area (Å²) in [5, 5.41) is 11.2. The zero-order valence-electron chi connectivity index (χ0n) is 20.3. The number of aliphatic hydroxyl groups excluding tert-OH is 1. The van der Waals surface area contributed by atoms with E-state index in [1.165, 1.54) is 7.11 Å². The van der Waals surface area contributed by atoms with Crippen molar-refractivity contribution in [1.82, 2.24) is 4.90 Å². The van der Waals surface area contributed by atoms with Crippen LogP contribution in [0.3, 0.4) is 0 Å². The van der Waals surface area contributed by atoms with Crippen LogP contribution in [0, 0.1) is 34.5 Å². The summed E-state index contributed by atoms with van der Waals surface area (Å²) in [5.74, 6) is -1.83. The highest BCUT2D eigenvalue weighted by atomic mass is 16.5. The Morgan fingerprint density at radius 3 is 2.56 bits per heavy atom. The third-order valence-electron chi connectivity index (χ3n) is 8.63. The third kappa shape index (κ3) is 4.14. The lowest BCUT2D eigenvalue weighted by atomic mass is 9.42. The van der Waals surface area contributed by atoms with Gasteiger partial charge in [0.15, 0.2) is 5.78 Å². The molecule has 3 aliphatic rings. The Bertz CT molecular complexity index is 791. The number of aliphatic hydroxyl groups is 1. The van der Waals surface area contributed by atoms with Crippen molar-refractivity contribution in [2.24, 2.45) is 34.5 Å². The molecule has 3 fully saturated rings. The van der Waals surface area contributed by atoms with Gasteiger partial charge in [-0.25, -0.2) is 4.79 Å². The summed E-state index contributed by atoms with van der Waals surface area (Å²) in [5.41, 5.74) is -0.307. The molecular formula is C25H39NO6. The van der Waals surface area contributed by atoms with Gasteiger partial charge in [-0.3, -0.25) is 9.59 Å². The van der Waals surface area contributed by atoms with Crippen molar-refractivity contribution >= 4 is 17.7 Å². The van der Waals surface area contributed by atoms with Crippen molar-refractivity contribution in [3.05, 3.63) is 11.6 Å². The van der Waals surface area contributed by atoms with Crippen LogP contribution in [0.4, 0.5) is 0 Å². The first-order valence-corrected chi connectivity index (χ1v) is 11.8. The fourth-order valence-corrected chi connectivity index (χ4v) is 7.04. The molecule has 7 heteroatoms. The number of esters is 2. The van der Waals surface area contributed by atoms with Crippen molar-refractivity contribution in [3.63, 3.8) is 0 Å². The van der Waals surface area contributed by atoms with E-state index in [0.29, 0.717) is 26.0 Å². The van der Waals surface area contributed by atoms with Gasteiger partial charge in [0.2, 0.25) is 0 Å². The van der Waals surface area contributed by atoms with E-state index in [1.807, 2.05) is 32.8 Å². The van der Waals surface area contributed by atoms with Crippen LogP contribution >= 0.6 is 0 Å². The van der Waals surface area contributed by atoms with E-state index in [1.54, 1.807) is 6.08 Å². The molecule has 0 aliphatic heterocycles. The summed E-state index contributed by atoms with van der Waals surface area (Å²) in [6.45, 7) is 6.94. The van der Waals surface area contributed by atoms with Crippen LogP contribution < -0.4 is 0 Å². The number of methoxy groups -OCH3 is 1. The number of ether oxygens (including phenoxy) is 2. The first-order valence-electron chi connectivity index (χ1n) is 11.8. The molecule has 7 atom stereocenters. The van der Waals surface area contributed by atoms with Gasteiger partial charge in [0, 0.05) is 24.5 Å². The number of likely N-dealkylation sites (N-methyl/N-ethyl adjacent to an activating group) is 1. The van der Waals surface area contributed by atoms with Crippen molar-refractivity contribution in [2.45, 2.75) is 59.0 Å². The quantitative estimate of drug-likeness (QED) is 0.509. The number of carbonyl (C=O) groups is 3. The number of ketones is 1. The maximum absolute atomic E-state index is 13.5. The van der Waals surface area contributed by atoms with Crippen molar-refractivity contribution < 1.29 is 29.0 Å². The van der Waals surface area contributed by atoms with Gasteiger partial charge in [0.25, 0.3) is 0 Å². The minimum absolute atomic E-state index is 0.0598. The second-order valence-corrected chi connectivity index (χ2v) is 10.7. The molecule has 0 spiro atoms. The highest BCUT2D eigenvalue weighted by molar-refractivity contribution is 5.90. The van der Waals surface area contributed by atoms with Gasteiger partial charge in [-0.15, -0.1) is 0 Å². The van der Waals surface area contributed by atoms with E-state index in [4.69, 9.17) is 9.47 Å². The molecule has 0 unspecified atom stereocenters. The summed E-state index contributed by atoms with van der Waals surface area (Å²) >= 11 is 0. The van der Waals surface area contributed by atoms with Gasteiger partial charge >= 0.3 is 11.9 Å². The molecular weight excluding hydrogens is 410 g/mol. The van der Waals surface area contributed by atoms with Gasteiger partial charge in [-0.05, 0) is 64.0 Å². The fourth-order valence-electron chi connectivity index (χ4n) is 7.04. The Morgan fingerprint density at radius 1 is 1.25 bits per heavy atom. The van der Waals surface area contributed by atoms with Gasteiger partial charge in [0.05, 0.1) is 12.5 Å². The Balaban J connectivity index is 1.87. The topological polar surface area (TPSA) is 93.1 Å². The zero-order valence-corrected chi connectivity index (χ0v) is 20.3. The molecule has 180 valence electrons. The Morgan fingerprint density at radius 2 is 1.94 bits per heavy atom. The Hall–Kier alpha value is -1.73. The minimum atomic E-state index is -1.21. The highest BCUT2D eigenvalue weighted by Crippen LogP contribution is 2.64. The normalized spacial score (nSPS) is 40.6. The lowest BCUT2D eigenvalue weighted by molar-refractivity contribution is -0.198. The molecule has 0 bridgehead atoms. The van der Waals surface area contributed by atoms with Crippen LogP contribution in [-0.2, 0) is 23.9 Å². The number of fused-ring (bicyclic) bond motifs is 3. The van der Waals surface area contributed by atoms with Crippen molar-refractivity contribution in [1.29, 1.82) is 0 Å². The van der Waals surface area contributed by atoms with Crippen LogP contribution in [0.2, 0.25) is 0 Å². The summed E-state index contributed by atoms with van der Waals surface area (Å²) in [6, 6.07) is 0. The molecule has 1 N–H and O–H groups in total. The Kier molecular flexibility index (Phi) is 7.20. The van der Waals surface area contributed by atoms with E-state index in [2.05, 4.69) is 6.92 Å². The molecule has 0 heterocycles. The number of nitrogens with zero attached hydrogens (tertiary/aromatic N) is 1. The van der Waals surface area contributed by atoms with Crippen LogP contribution in [0.1, 0.15) is 52.9 Å². The predicted octanol–water partition coefficient (Wildman–Crippen LogP) is 2.61. The average Bonchev–Trinajstić information content (AvgIpc) is 2.72. The predicted molar refractivity (Wildman–Crippen MR) is 120 cm³/mol. The summed E-state index contributed by atoms with van der Waals surface area (Å²) in [4.78, 5) is 40.5. The number of carbonyl (C=O) groups excluding carboxylic acids is 3. The second kappa shape index (κ2) is 9.26. The van der Waals surface area contributed by atoms with Crippen LogP contribution in [-0.4, -0.2) is 68.2 Å². The number of hydrogen-bond donors (Lipinski definition) is 1. The third-order valence-corrected chi connectivity index (χ3v) is 8.63. The molecule has 0 aromatic rings. The zero-order chi connectivity index (χ0) is 23.8. The molecule has 3 saturated carbocycles. The van der Waals surface area contributed by atoms with Gasteiger partial charge in [-0.2, -0.15) is 0 Å². The van der Waals surface area contributed by atoms with Crippen molar-refractivity contribution in [3.8, 4) is 0 Å². The van der Waals surface area contributed by atoms with Crippen LogP contribution in [0.15, 0.2) is 11.6 Å². The summed E-state index contributed by atoms with van der Waals surface area (Å²) in [7, 11) is 5.20. The minimum Gasteiger partial charge on any atom is -0.469 e. The molecule has 0 saturated heterocycles. The number of allylic oxidation sites excluding steroid dienone is 1. The maximum Gasteiger partial charge on any atom is 0.330 e. The first kappa shape index (κ1) is 24.9. The number of hydrogen-bond acceptors (Lipinski definition) is 7. The van der Waals surface area contributed by atoms with Crippen molar-refractivity contribution in [2.75, 3.05) is 34.4 Å². The maximum atomic E-state index is 13.5.